The summed E-state index contributed by atoms with van der Waals surface area (Å²) in [7, 11) is 0. The summed E-state index contributed by atoms with van der Waals surface area (Å²) in [5.41, 5.74) is 10.2. The van der Waals surface area contributed by atoms with Crippen LogP contribution in [0.1, 0.15) is 23.6 Å². The number of nitrogens with two attached hydrogens (primary N) is 1. The van der Waals surface area contributed by atoms with Crippen molar-refractivity contribution in [2.75, 3.05) is 19.6 Å². The summed E-state index contributed by atoms with van der Waals surface area (Å²) in [6.07, 6.45) is 2.21. The van der Waals surface area contributed by atoms with Crippen molar-refractivity contribution in [3.63, 3.8) is 0 Å². The van der Waals surface area contributed by atoms with Crippen LogP contribution in [0.25, 0.3) is 0 Å². The predicted molar refractivity (Wildman–Crippen MR) is 63.9 cm³/mol. The minimum absolute atomic E-state index is 0.753. The molecule has 2 nitrogen and oxygen atoms in total. The molecule has 0 amide bonds. The van der Waals surface area contributed by atoms with Gasteiger partial charge in [0.25, 0.3) is 0 Å². The normalized spacial score (nSPS) is 16.4. The first-order valence-corrected chi connectivity index (χ1v) is 5.87. The van der Waals surface area contributed by atoms with E-state index in [2.05, 4.69) is 30.0 Å². The number of nitrogens with zero attached hydrogens (tertiary/aromatic N) is 1. The minimum atomic E-state index is 0.753. The minimum Gasteiger partial charge on any atom is -0.330 e. The number of benzene rings is 1. The average Bonchev–Trinajstić information content (AvgIpc) is 2.29. The zero-order valence-electron chi connectivity index (χ0n) is 9.50. The fraction of sp³-hybridized carbons (Fsp3) is 0.538. The number of hydrogen-bond acceptors (Lipinski definition) is 2. The monoisotopic (exact) mass is 204 g/mol. The Labute approximate surface area is 92.1 Å². The van der Waals surface area contributed by atoms with Gasteiger partial charge in [0.05, 0.1) is 0 Å². The molecule has 1 aromatic rings. The zero-order valence-corrected chi connectivity index (χ0v) is 9.50. The molecule has 0 atom stereocenters. The summed E-state index contributed by atoms with van der Waals surface area (Å²) in [5, 5.41) is 0. The third-order valence-corrected chi connectivity index (χ3v) is 3.31. The molecule has 1 aromatic carbocycles. The van der Waals surface area contributed by atoms with Crippen molar-refractivity contribution in [1.82, 2.24) is 4.90 Å². The quantitative estimate of drug-likeness (QED) is 0.809. The van der Waals surface area contributed by atoms with Gasteiger partial charge in [0.2, 0.25) is 0 Å². The van der Waals surface area contributed by atoms with Crippen molar-refractivity contribution in [3.05, 3.63) is 34.9 Å². The molecule has 0 radical (unpaired) electrons. The molecular formula is C13H20N2. The second-order valence-electron chi connectivity index (χ2n) is 4.21. The van der Waals surface area contributed by atoms with Gasteiger partial charge in [-0.05, 0) is 42.6 Å². The van der Waals surface area contributed by atoms with Gasteiger partial charge in [0, 0.05) is 13.1 Å². The smallest absolute Gasteiger partial charge is 0.0239 e. The highest BCUT2D eigenvalue weighted by molar-refractivity contribution is 5.37. The molecular weight excluding hydrogens is 184 g/mol. The Morgan fingerprint density at radius 1 is 1.40 bits per heavy atom. The molecule has 0 aliphatic carbocycles. The molecule has 0 aromatic heterocycles. The van der Waals surface area contributed by atoms with Crippen molar-refractivity contribution in [1.29, 1.82) is 0 Å². The van der Waals surface area contributed by atoms with Crippen LogP contribution in [0.2, 0.25) is 0 Å². The lowest BCUT2D eigenvalue weighted by Crippen LogP contribution is -2.31. The van der Waals surface area contributed by atoms with Crippen LogP contribution < -0.4 is 5.73 Å². The SMILES string of the molecule is CCN1CCc2cccc(CCN)c2C1. The molecule has 2 heteroatoms. The van der Waals surface area contributed by atoms with E-state index in [0.29, 0.717) is 0 Å². The summed E-state index contributed by atoms with van der Waals surface area (Å²) in [4.78, 5) is 2.50. The predicted octanol–water partition coefficient (Wildman–Crippen LogP) is 1.57. The Balaban J connectivity index is 2.28. The van der Waals surface area contributed by atoms with Crippen LogP contribution in [-0.4, -0.2) is 24.5 Å². The molecule has 0 bridgehead atoms. The van der Waals surface area contributed by atoms with E-state index in [9.17, 15) is 0 Å². The molecule has 0 spiro atoms. The first-order chi connectivity index (χ1) is 7.35. The lowest BCUT2D eigenvalue weighted by molar-refractivity contribution is 0.267. The average molecular weight is 204 g/mol. The van der Waals surface area contributed by atoms with Gasteiger partial charge in [-0.1, -0.05) is 25.1 Å². The fourth-order valence-electron chi connectivity index (χ4n) is 2.37. The molecule has 0 unspecified atom stereocenters. The first kappa shape index (κ1) is 10.7. The fourth-order valence-corrected chi connectivity index (χ4v) is 2.37. The maximum absolute atomic E-state index is 5.65. The second-order valence-corrected chi connectivity index (χ2v) is 4.21. The third kappa shape index (κ3) is 2.21. The standard InChI is InChI=1S/C13H20N2/c1-2-15-9-7-12-5-3-4-11(6-8-14)13(12)10-15/h3-5H,2,6-10,14H2,1H3. The van der Waals surface area contributed by atoms with Crippen LogP contribution >= 0.6 is 0 Å². The second kappa shape index (κ2) is 4.77. The molecule has 0 fully saturated rings. The van der Waals surface area contributed by atoms with Gasteiger partial charge in [-0.25, -0.2) is 0 Å². The van der Waals surface area contributed by atoms with Crippen LogP contribution in [0.5, 0.6) is 0 Å². The number of rotatable bonds is 3. The Hall–Kier alpha value is -0.860. The van der Waals surface area contributed by atoms with Gasteiger partial charge in [-0.2, -0.15) is 0 Å². The van der Waals surface area contributed by atoms with Crippen LogP contribution in [-0.2, 0) is 19.4 Å². The number of hydrogen-bond donors (Lipinski definition) is 1. The molecule has 1 aliphatic rings. The Morgan fingerprint density at radius 3 is 3.00 bits per heavy atom. The van der Waals surface area contributed by atoms with Crippen LogP contribution in [0.4, 0.5) is 0 Å². The maximum atomic E-state index is 5.65. The molecule has 1 aliphatic heterocycles. The Kier molecular flexibility index (Phi) is 3.39. The van der Waals surface area contributed by atoms with Crippen LogP contribution in [0, 0.1) is 0 Å². The van der Waals surface area contributed by atoms with E-state index in [1.54, 1.807) is 0 Å². The molecule has 2 rings (SSSR count). The summed E-state index contributed by atoms with van der Waals surface area (Å²) in [6, 6.07) is 6.67. The summed E-state index contributed by atoms with van der Waals surface area (Å²) < 4.78 is 0. The zero-order chi connectivity index (χ0) is 10.7. The lowest BCUT2D eigenvalue weighted by atomic mass is 9.93. The molecule has 0 saturated carbocycles. The molecule has 15 heavy (non-hydrogen) atoms. The van der Waals surface area contributed by atoms with Crippen molar-refractivity contribution >= 4 is 0 Å². The lowest BCUT2D eigenvalue weighted by Gasteiger charge is -2.29. The highest BCUT2D eigenvalue weighted by atomic mass is 15.1. The number of likely N-dealkylation sites (N-methyl/N-ethyl adjacent to an activating group) is 1. The van der Waals surface area contributed by atoms with Crippen molar-refractivity contribution in [2.45, 2.75) is 26.3 Å². The Bertz CT molecular complexity index is 333. The molecule has 1 heterocycles. The van der Waals surface area contributed by atoms with E-state index in [1.807, 2.05) is 0 Å². The summed E-state index contributed by atoms with van der Waals surface area (Å²) in [5.74, 6) is 0. The Morgan fingerprint density at radius 2 is 2.27 bits per heavy atom. The van der Waals surface area contributed by atoms with Gasteiger partial charge >= 0.3 is 0 Å². The van der Waals surface area contributed by atoms with Gasteiger partial charge in [-0.3, -0.25) is 4.90 Å². The topological polar surface area (TPSA) is 29.3 Å². The highest BCUT2D eigenvalue weighted by Gasteiger charge is 2.16. The summed E-state index contributed by atoms with van der Waals surface area (Å²) >= 11 is 0. The maximum Gasteiger partial charge on any atom is 0.0239 e. The molecule has 2 N–H and O–H groups in total. The van der Waals surface area contributed by atoms with Crippen LogP contribution in [0.3, 0.4) is 0 Å². The van der Waals surface area contributed by atoms with E-state index in [0.717, 1.165) is 26.1 Å². The van der Waals surface area contributed by atoms with E-state index in [1.165, 1.54) is 29.7 Å². The third-order valence-electron chi connectivity index (χ3n) is 3.31. The van der Waals surface area contributed by atoms with E-state index < -0.39 is 0 Å². The van der Waals surface area contributed by atoms with E-state index in [4.69, 9.17) is 5.73 Å². The van der Waals surface area contributed by atoms with Crippen LogP contribution in [0.15, 0.2) is 18.2 Å². The van der Waals surface area contributed by atoms with Gasteiger partial charge in [0.1, 0.15) is 0 Å². The van der Waals surface area contributed by atoms with Crippen molar-refractivity contribution < 1.29 is 0 Å². The molecule has 82 valence electrons. The first-order valence-electron chi connectivity index (χ1n) is 5.87. The highest BCUT2D eigenvalue weighted by Crippen LogP contribution is 2.22. The largest absolute Gasteiger partial charge is 0.330 e. The molecule has 0 saturated heterocycles. The van der Waals surface area contributed by atoms with Crippen molar-refractivity contribution in [2.24, 2.45) is 5.73 Å². The van der Waals surface area contributed by atoms with E-state index in [-0.39, 0.29) is 0 Å². The van der Waals surface area contributed by atoms with Gasteiger partial charge in [0.15, 0.2) is 0 Å². The van der Waals surface area contributed by atoms with E-state index >= 15 is 0 Å². The number of fused-ring (bicyclic) bond motifs is 1. The van der Waals surface area contributed by atoms with Crippen molar-refractivity contribution in [3.8, 4) is 0 Å². The van der Waals surface area contributed by atoms with Gasteiger partial charge in [-0.15, -0.1) is 0 Å². The van der Waals surface area contributed by atoms with Gasteiger partial charge < -0.3 is 5.73 Å². The summed E-state index contributed by atoms with van der Waals surface area (Å²) in [6.45, 7) is 6.45.